The van der Waals surface area contributed by atoms with Gasteiger partial charge in [-0.15, -0.1) is 0 Å². The maximum absolute atomic E-state index is 12.0. The molecule has 18 heavy (non-hydrogen) atoms. The number of rotatable bonds is 3. The molecule has 0 fully saturated rings. The third-order valence-electron chi connectivity index (χ3n) is 2.68. The van der Waals surface area contributed by atoms with Crippen LogP contribution in [0.2, 0.25) is 5.02 Å². The fourth-order valence-corrected chi connectivity index (χ4v) is 1.81. The normalized spacial score (nSPS) is 10.3. The van der Waals surface area contributed by atoms with Crippen LogP contribution in [0.4, 0.5) is 0 Å². The summed E-state index contributed by atoms with van der Waals surface area (Å²) in [5.74, 6) is -0.0317. The number of aryl methyl sites for hydroxylation is 1. The molecular formula is C14H13ClN2O. The summed E-state index contributed by atoms with van der Waals surface area (Å²) in [6.07, 6.45) is 1.59. The number of aromatic nitrogens is 1. The second kappa shape index (κ2) is 5.19. The Morgan fingerprint density at radius 1 is 1.22 bits per heavy atom. The van der Waals surface area contributed by atoms with Crippen molar-refractivity contribution in [3.05, 3.63) is 64.2 Å². The number of hydrogen-bond acceptors (Lipinski definition) is 2. The van der Waals surface area contributed by atoms with Gasteiger partial charge in [0.2, 0.25) is 0 Å². The van der Waals surface area contributed by atoms with Gasteiger partial charge in [-0.05, 0) is 19.1 Å². The lowest BCUT2D eigenvalue weighted by atomic mass is 10.1. The lowest BCUT2D eigenvalue weighted by Crippen LogP contribution is -2.23. The largest absolute Gasteiger partial charge is 0.324 e. The molecule has 0 saturated heterocycles. The van der Waals surface area contributed by atoms with Gasteiger partial charge >= 0.3 is 0 Å². The van der Waals surface area contributed by atoms with E-state index in [1.54, 1.807) is 30.5 Å². The van der Waals surface area contributed by atoms with E-state index in [0.29, 0.717) is 10.6 Å². The zero-order valence-corrected chi connectivity index (χ0v) is 10.7. The van der Waals surface area contributed by atoms with Crippen molar-refractivity contribution in [2.45, 2.75) is 13.5 Å². The molecule has 0 radical (unpaired) electrons. The quantitative estimate of drug-likeness (QED) is 0.848. The number of nitrogens with one attached hydrogen (secondary N) is 1. The summed E-state index contributed by atoms with van der Waals surface area (Å²) in [5, 5.41) is 8.23. The van der Waals surface area contributed by atoms with E-state index in [0.717, 1.165) is 5.56 Å². The van der Waals surface area contributed by atoms with Gasteiger partial charge in [0, 0.05) is 11.8 Å². The van der Waals surface area contributed by atoms with Gasteiger partial charge in [0.25, 0.3) is 0 Å². The van der Waals surface area contributed by atoms with Crippen molar-refractivity contribution < 1.29 is 4.79 Å². The number of pyridine rings is 1. The Morgan fingerprint density at radius 3 is 2.56 bits per heavy atom. The Balaban J connectivity index is 2.24. The van der Waals surface area contributed by atoms with E-state index in [2.05, 4.69) is 0 Å². The monoisotopic (exact) mass is 260 g/mol. The standard InChI is InChI=1S/C14H13ClN2O/c1-10-2-4-11(5-3-10)13(18)9-17-8-12(15)6-7-14(17)16/h2-8,16H,9H2,1H3. The predicted octanol–water partition coefficient (Wildman–Crippen LogP) is 2.81. The lowest BCUT2D eigenvalue weighted by Gasteiger charge is -2.07. The fourth-order valence-electron chi connectivity index (χ4n) is 1.63. The molecule has 0 unspecified atom stereocenters. The van der Waals surface area contributed by atoms with Gasteiger partial charge in [-0.3, -0.25) is 10.2 Å². The predicted molar refractivity (Wildman–Crippen MR) is 70.8 cm³/mol. The van der Waals surface area contributed by atoms with E-state index in [4.69, 9.17) is 17.0 Å². The molecule has 0 spiro atoms. The molecule has 0 aliphatic heterocycles. The minimum Gasteiger partial charge on any atom is -0.324 e. The van der Waals surface area contributed by atoms with Crippen LogP contribution in [0, 0.1) is 12.3 Å². The SMILES string of the molecule is Cc1ccc(C(=O)Cn2cc(Cl)ccc2=N)cc1. The molecule has 0 atom stereocenters. The molecule has 4 heteroatoms. The summed E-state index contributed by atoms with van der Waals surface area (Å²) in [5.41, 5.74) is 2.02. The van der Waals surface area contributed by atoms with Crippen LogP contribution in [-0.4, -0.2) is 10.4 Å². The van der Waals surface area contributed by atoms with Crippen LogP contribution in [0.3, 0.4) is 0 Å². The molecule has 3 nitrogen and oxygen atoms in total. The highest BCUT2D eigenvalue weighted by Gasteiger charge is 2.06. The Labute approximate surface area is 110 Å². The van der Waals surface area contributed by atoms with Crippen LogP contribution >= 0.6 is 11.6 Å². The average Bonchev–Trinajstić information content (AvgIpc) is 2.34. The molecule has 92 valence electrons. The molecule has 1 aromatic heterocycles. The zero-order valence-electron chi connectivity index (χ0n) is 9.98. The number of benzene rings is 1. The van der Waals surface area contributed by atoms with Crippen molar-refractivity contribution in [2.75, 3.05) is 0 Å². The molecule has 2 rings (SSSR count). The molecule has 1 heterocycles. The van der Waals surface area contributed by atoms with Crippen molar-refractivity contribution in [1.29, 1.82) is 5.41 Å². The molecule has 0 bridgehead atoms. The van der Waals surface area contributed by atoms with Gasteiger partial charge in [-0.25, -0.2) is 0 Å². The smallest absolute Gasteiger partial charge is 0.182 e. The van der Waals surface area contributed by atoms with Crippen LogP contribution in [0.15, 0.2) is 42.6 Å². The molecule has 0 aliphatic carbocycles. The van der Waals surface area contributed by atoms with E-state index in [-0.39, 0.29) is 17.8 Å². The number of carbonyl (C=O) groups is 1. The van der Waals surface area contributed by atoms with Crippen molar-refractivity contribution in [1.82, 2.24) is 4.57 Å². The van der Waals surface area contributed by atoms with Gasteiger partial charge in [0.05, 0.1) is 11.6 Å². The topological polar surface area (TPSA) is 45.9 Å². The van der Waals surface area contributed by atoms with Gasteiger partial charge in [-0.1, -0.05) is 41.4 Å². The van der Waals surface area contributed by atoms with E-state index < -0.39 is 0 Å². The maximum Gasteiger partial charge on any atom is 0.182 e. The molecule has 2 aromatic rings. The number of Topliss-reactive ketones (excluding diaryl/α,β-unsaturated/α-hetero) is 1. The number of ketones is 1. The highest BCUT2D eigenvalue weighted by atomic mass is 35.5. The van der Waals surface area contributed by atoms with E-state index >= 15 is 0 Å². The highest BCUT2D eigenvalue weighted by Crippen LogP contribution is 2.07. The third kappa shape index (κ3) is 2.87. The molecule has 1 N–H and O–H groups in total. The van der Waals surface area contributed by atoms with Crippen molar-refractivity contribution in [2.24, 2.45) is 0 Å². The minimum absolute atomic E-state index is 0.0317. The average molecular weight is 261 g/mol. The molecular weight excluding hydrogens is 248 g/mol. The van der Waals surface area contributed by atoms with Crippen LogP contribution in [-0.2, 0) is 6.54 Å². The molecule has 0 aliphatic rings. The summed E-state index contributed by atoms with van der Waals surface area (Å²) in [7, 11) is 0. The van der Waals surface area contributed by atoms with Gasteiger partial charge < -0.3 is 4.57 Å². The van der Waals surface area contributed by atoms with Gasteiger partial charge in [0.1, 0.15) is 5.49 Å². The second-order valence-corrected chi connectivity index (χ2v) is 4.59. The first-order valence-corrected chi connectivity index (χ1v) is 5.94. The Morgan fingerprint density at radius 2 is 1.89 bits per heavy atom. The van der Waals surface area contributed by atoms with Crippen LogP contribution in [0.1, 0.15) is 15.9 Å². The van der Waals surface area contributed by atoms with E-state index in [9.17, 15) is 4.79 Å². The maximum atomic E-state index is 12.0. The first-order valence-electron chi connectivity index (χ1n) is 5.57. The molecule has 0 saturated carbocycles. The zero-order chi connectivity index (χ0) is 13.1. The third-order valence-corrected chi connectivity index (χ3v) is 2.90. The minimum atomic E-state index is -0.0317. The van der Waals surface area contributed by atoms with E-state index in [1.807, 2.05) is 19.1 Å². The number of nitrogens with zero attached hydrogens (tertiary/aromatic N) is 1. The fraction of sp³-hybridized carbons (Fsp3) is 0.143. The first kappa shape index (κ1) is 12.6. The summed E-state index contributed by atoms with van der Waals surface area (Å²) >= 11 is 5.85. The van der Waals surface area contributed by atoms with Crippen LogP contribution < -0.4 is 5.49 Å². The molecule has 1 aromatic carbocycles. The number of halogens is 1. The Kier molecular flexibility index (Phi) is 3.63. The number of hydrogen-bond donors (Lipinski definition) is 1. The first-order chi connectivity index (χ1) is 8.56. The Bertz CT molecular complexity index is 629. The van der Waals surface area contributed by atoms with Crippen LogP contribution in [0.25, 0.3) is 0 Å². The van der Waals surface area contributed by atoms with Gasteiger partial charge in [0.15, 0.2) is 5.78 Å². The summed E-state index contributed by atoms with van der Waals surface area (Å²) < 4.78 is 1.53. The van der Waals surface area contributed by atoms with Crippen LogP contribution in [0.5, 0.6) is 0 Å². The number of carbonyl (C=O) groups excluding carboxylic acids is 1. The van der Waals surface area contributed by atoms with Crippen molar-refractivity contribution in [3.8, 4) is 0 Å². The Hall–Kier alpha value is -1.87. The highest BCUT2D eigenvalue weighted by molar-refractivity contribution is 6.30. The lowest BCUT2D eigenvalue weighted by molar-refractivity contribution is 0.0970. The summed E-state index contributed by atoms with van der Waals surface area (Å²) in [4.78, 5) is 12.0. The summed E-state index contributed by atoms with van der Waals surface area (Å²) in [6, 6.07) is 10.6. The summed E-state index contributed by atoms with van der Waals surface area (Å²) in [6.45, 7) is 2.10. The second-order valence-electron chi connectivity index (χ2n) is 4.15. The van der Waals surface area contributed by atoms with Gasteiger partial charge in [-0.2, -0.15) is 0 Å². The molecule has 0 amide bonds. The van der Waals surface area contributed by atoms with Crippen molar-refractivity contribution >= 4 is 17.4 Å². The van der Waals surface area contributed by atoms with Crippen molar-refractivity contribution in [3.63, 3.8) is 0 Å². The van der Waals surface area contributed by atoms with E-state index in [1.165, 1.54) is 4.57 Å².